The van der Waals surface area contributed by atoms with Gasteiger partial charge in [0.1, 0.15) is 0 Å². The van der Waals surface area contributed by atoms with Crippen LogP contribution in [0.3, 0.4) is 0 Å². The molecule has 22 heavy (non-hydrogen) atoms. The van der Waals surface area contributed by atoms with Gasteiger partial charge in [0.25, 0.3) is 0 Å². The number of nitrogens with zero attached hydrogens (tertiary/aromatic N) is 2. The number of aliphatic hydroxyl groups is 1. The molecule has 0 aliphatic heterocycles. The second kappa shape index (κ2) is 7.73. The molecule has 0 aliphatic carbocycles. The van der Waals surface area contributed by atoms with E-state index in [2.05, 4.69) is 20.8 Å². The van der Waals surface area contributed by atoms with Gasteiger partial charge in [0.05, 0.1) is 0 Å². The SMILES string of the molecule is CCC(CC)(CCO)CNC(=O)Nc1nnc(C(F)(F)F)s1. The predicted molar refractivity (Wildman–Crippen MR) is 76.7 cm³/mol. The minimum absolute atomic E-state index is 0.0102. The van der Waals surface area contributed by atoms with Gasteiger partial charge in [-0.1, -0.05) is 25.2 Å². The van der Waals surface area contributed by atoms with Gasteiger partial charge in [-0.3, -0.25) is 5.32 Å². The first kappa shape index (κ1) is 18.6. The highest BCUT2D eigenvalue weighted by Crippen LogP contribution is 2.33. The van der Waals surface area contributed by atoms with E-state index >= 15 is 0 Å². The lowest BCUT2D eigenvalue weighted by Gasteiger charge is -2.31. The number of urea groups is 1. The Labute approximate surface area is 130 Å². The Morgan fingerprint density at radius 2 is 1.91 bits per heavy atom. The van der Waals surface area contributed by atoms with Gasteiger partial charge in [0, 0.05) is 13.2 Å². The number of rotatable bonds is 7. The third kappa shape index (κ3) is 5.09. The number of halogens is 3. The third-order valence-corrected chi connectivity index (χ3v) is 4.54. The summed E-state index contributed by atoms with van der Waals surface area (Å²) in [7, 11) is 0. The van der Waals surface area contributed by atoms with Crippen molar-refractivity contribution in [2.24, 2.45) is 5.41 Å². The number of carbonyl (C=O) groups excluding carboxylic acids is 1. The van der Waals surface area contributed by atoms with Crippen molar-refractivity contribution < 1.29 is 23.1 Å². The number of aromatic nitrogens is 2. The van der Waals surface area contributed by atoms with E-state index in [1.807, 2.05) is 13.8 Å². The molecule has 6 nitrogen and oxygen atoms in total. The van der Waals surface area contributed by atoms with Crippen LogP contribution in [0.5, 0.6) is 0 Å². The normalized spacial score (nSPS) is 12.3. The standard InChI is InChI=1S/C12H19F3N4O2S/c1-3-11(4-2,5-6-20)7-16-9(21)17-10-19-18-8(22-10)12(13,14)15/h20H,3-7H2,1-2H3,(H2,16,17,19,21). The summed E-state index contributed by atoms with van der Waals surface area (Å²) in [6.07, 6.45) is -2.51. The summed E-state index contributed by atoms with van der Waals surface area (Å²) in [6, 6.07) is -0.644. The Balaban J connectivity index is 2.57. The van der Waals surface area contributed by atoms with Gasteiger partial charge in [-0.2, -0.15) is 13.2 Å². The smallest absolute Gasteiger partial charge is 0.396 e. The molecule has 1 heterocycles. The number of carbonyl (C=O) groups is 1. The summed E-state index contributed by atoms with van der Waals surface area (Å²) in [5.41, 5.74) is -0.232. The first-order valence-corrected chi connectivity index (χ1v) is 7.64. The molecule has 0 bridgehead atoms. The van der Waals surface area contributed by atoms with Gasteiger partial charge in [-0.05, 0) is 24.7 Å². The Bertz CT molecular complexity index is 489. The molecular formula is C12H19F3N4O2S. The Morgan fingerprint density at radius 3 is 2.36 bits per heavy atom. The number of aliphatic hydroxyl groups excluding tert-OH is 1. The summed E-state index contributed by atoms with van der Waals surface area (Å²) < 4.78 is 37.1. The topological polar surface area (TPSA) is 87.1 Å². The van der Waals surface area contributed by atoms with Crippen LogP contribution < -0.4 is 10.6 Å². The van der Waals surface area contributed by atoms with Crippen molar-refractivity contribution in [2.75, 3.05) is 18.5 Å². The summed E-state index contributed by atoms with van der Waals surface area (Å²) in [5, 5.41) is 18.9. The van der Waals surface area contributed by atoms with Crippen LogP contribution in [0.4, 0.5) is 23.1 Å². The summed E-state index contributed by atoms with van der Waals surface area (Å²) >= 11 is 0.264. The molecule has 1 rings (SSSR count). The van der Waals surface area contributed by atoms with E-state index < -0.39 is 17.2 Å². The molecule has 3 N–H and O–H groups in total. The van der Waals surface area contributed by atoms with Gasteiger partial charge in [0.15, 0.2) is 0 Å². The van der Waals surface area contributed by atoms with E-state index in [1.54, 1.807) is 0 Å². The third-order valence-electron chi connectivity index (χ3n) is 3.65. The Kier molecular flexibility index (Phi) is 6.54. The zero-order valence-corrected chi connectivity index (χ0v) is 13.1. The molecule has 0 spiro atoms. The van der Waals surface area contributed by atoms with Crippen molar-refractivity contribution in [3.8, 4) is 0 Å². The fourth-order valence-corrected chi connectivity index (χ4v) is 2.58. The first-order chi connectivity index (χ1) is 10.3. The van der Waals surface area contributed by atoms with Crippen LogP contribution in [0.25, 0.3) is 0 Å². The number of nitrogens with one attached hydrogen (secondary N) is 2. The average molecular weight is 340 g/mol. The zero-order valence-electron chi connectivity index (χ0n) is 12.3. The minimum atomic E-state index is -4.57. The van der Waals surface area contributed by atoms with Crippen LogP contribution in [0.2, 0.25) is 0 Å². The van der Waals surface area contributed by atoms with Crippen LogP contribution in [0, 0.1) is 5.41 Å². The van der Waals surface area contributed by atoms with Gasteiger partial charge >= 0.3 is 12.2 Å². The van der Waals surface area contributed by atoms with Gasteiger partial charge in [0.2, 0.25) is 10.1 Å². The van der Waals surface area contributed by atoms with Crippen LogP contribution in [0.1, 0.15) is 38.1 Å². The predicted octanol–water partition coefficient (Wildman–Crippen LogP) is 2.87. The first-order valence-electron chi connectivity index (χ1n) is 6.82. The van der Waals surface area contributed by atoms with Crippen molar-refractivity contribution in [1.82, 2.24) is 15.5 Å². The molecule has 0 aromatic carbocycles. The quantitative estimate of drug-likeness (QED) is 0.712. The van der Waals surface area contributed by atoms with Crippen molar-refractivity contribution in [3.63, 3.8) is 0 Å². The van der Waals surface area contributed by atoms with Crippen molar-refractivity contribution in [2.45, 2.75) is 39.3 Å². The Morgan fingerprint density at radius 1 is 1.27 bits per heavy atom. The van der Waals surface area contributed by atoms with E-state index in [4.69, 9.17) is 5.11 Å². The van der Waals surface area contributed by atoms with Crippen molar-refractivity contribution >= 4 is 22.5 Å². The maximum absolute atomic E-state index is 12.4. The molecule has 10 heteroatoms. The molecule has 0 saturated heterocycles. The zero-order chi connectivity index (χ0) is 16.8. The lowest BCUT2D eigenvalue weighted by molar-refractivity contribution is -0.138. The molecule has 126 valence electrons. The highest BCUT2D eigenvalue weighted by atomic mass is 32.1. The van der Waals surface area contributed by atoms with Crippen LogP contribution in [0.15, 0.2) is 0 Å². The molecule has 0 atom stereocenters. The van der Waals surface area contributed by atoms with E-state index in [1.165, 1.54) is 0 Å². The van der Waals surface area contributed by atoms with E-state index in [9.17, 15) is 18.0 Å². The molecule has 0 aliphatic rings. The summed E-state index contributed by atoms with van der Waals surface area (Å²) in [5.74, 6) is 0. The number of hydrogen-bond donors (Lipinski definition) is 3. The number of hydrogen-bond acceptors (Lipinski definition) is 5. The highest BCUT2D eigenvalue weighted by molar-refractivity contribution is 7.15. The number of alkyl halides is 3. The highest BCUT2D eigenvalue weighted by Gasteiger charge is 2.36. The lowest BCUT2D eigenvalue weighted by Crippen LogP contribution is -2.39. The molecule has 1 aromatic rings. The van der Waals surface area contributed by atoms with Crippen LogP contribution in [-0.4, -0.2) is 34.5 Å². The largest absolute Gasteiger partial charge is 0.445 e. The summed E-state index contributed by atoms with van der Waals surface area (Å²) in [6.45, 7) is 4.24. The van der Waals surface area contributed by atoms with Crippen molar-refractivity contribution in [3.05, 3.63) is 5.01 Å². The fraction of sp³-hybridized carbons (Fsp3) is 0.750. The fourth-order valence-electron chi connectivity index (χ4n) is 1.98. The Hall–Kier alpha value is -1.42. The van der Waals surface area contributed by atoms with Crippen LogP contribution in [-0.2, 0) is 6.18 Å². The average Bonchev–Trinajstić information content (AvgIpc) is 2.92. The summed E-state index contributed by atoms with van der Waals surface area (Å²) in [4.78, 5) is 11.7. The molecule has 0 fully saturated rings. The molecule has 2 amide bonds. The lowest BCUT2D eigenvalue weighted by atomic mass is 9.79. The molecule has 0 saturated carbocycles. The number of anilines is 1. The van der Waals surface area contributed by atoms with Gasteiger partial charge < -0.3 is 10.4 Å². The second-order valence-electron chi connectivity index (χ2n) is 4.90. The molecular weight excluding hydrogens is 321 g/mol. The van der Waals surface area contributed by atoms with Crippen molar-refractivity contribution in [1.29, 1.82) is 0 Å². The molecule has 0 unspecified atom stereocenters. The maximum atomic E-state index is 12.4. The van der Waals surface area contributed by atoms with Gasteiger partial charge in [-0.25, -0.2) is 4.79 Å². The van der Waals surface area contributed by atoms with Gasteiger partial charge in [-0.15, -0.1) is 10.2 Å². The van der Waals surface area contributed by atoms with E-state index in [0.29, 0.717) is 13.0 Å². The monoisotopic (exact) mass is 340 g/mol. The second-order valence-corrected chi connectivity index (χ2v) is 5.88. The molecule has 1 aromatic heterocycles. The molecule has 0 radical (unpaired) electrons. The van der Waals surface area contributed by atoms with E-state index in [0.717, 1.165) is 12.8 Å². The maximum Gasteiger partial charge on any atom is 0.445 e. The van der Waals surface area contributed by atoms with Crippen LogP contribution >= 0.6 is 11.3 Å². The van der Waals surface area contributed by atoms with E-state index in [-0.39, 0.29) is 28.5 Å². The minimum Gasteiger partial charge on any atom is -0.396 e. The number of amides is 2.